The van der Waals surface area contributed by atoms with Gasteiger partial charge >= 0.3 is 0 Å². The van der Waals surface area contributed by atoms with E-state index in [2.05, 4.69) is 4.39 Å². The number of rotatable bonds is 7. The first-order valence-electron chi connectivity index (χ1n) is 10.1. The predicted molar refractivity (Wildman–Crippen MR) is 134 cm³/mol. The van der Waals surface area contributed by atoms with Gasteiger partial charge in [-0.25, -0.2) is 21.2 Å². The highest BCUT2D eigenvalue weighted by Gasteiger charge is 2.51. The summed E-state index contributed by atoms with van der Waals surface area (Å²) in [6.07, 6.45) is 0. The first-order chi connectivity index (χ1) is 15.3. The van der Waals surface area contributed by atoms with Crippen LogP contribution < -0.4 is 19.5 Å². The van der Waals surface area contributed by atoms with Crippen molar-refractivity contribution in [3.8, 4) is 5.75 Å². The molecule has 6 nitrogen and oxygen atoms in total. The molecule has 0 saturated carbocycles. The third-order valence-electron chi connectivity index (χ3n) is 5.53. The van der Waals surface area contributed by atoms with E-state index in [1.54, 1.807) is 0 Å². The van der Waals surface area contributed by atoms with Crippen LogP contribution in [-0.2, 0) is 19.1 Å². The third-order valence-corrected chi connectivity index (χ3v) is 14.7. The molecular formula is C23H26ClNO5S2Si. The van der Waals surface area contributed by atoms with Gasteiger partial charge in [0.1, 0.15) is 10.6 Å². The van der Waals surface area contributed by atoms with Crippen LogP contribution in [0.25, 0.3) is 0 Å². The van der Waals surface area contributed by atoms with Crippen LogP contribution in [0.2, 0.25) is 5.04 Å². The van der Waals surface area contributed by atoms with Crippen LogP contribution in [0.15, 0.2) is 88.7 Å². The molecule has 0 saturated heterocycles. The van der Waals surface area contributed by atoms with Gasteiger partial charge in [-0.2, -0.15) is 0 Å². The Balaban J connectivity index is 2.28. The molecule has 0 atom stereocenters. The Morgan fingerprint density at radius 3 is 1.70 bits per heavy atom. The summed E-state index contributed by atoms with van der Waals surface area (Å²) in [4.78, 5) is -0.410. The lowest BCUT2D eigenvalue weighted by atomic mass is 10.2. The molecular weight excluding hydrogens is 498 g/mol. The lowest BCUT2D eigenvalue weighted by molar-refractivity contribution is 0.401. The van der Waals surface area contributed by atoms with Gasteiger partial charge in [0.25, 0.3) is 9.05 Å². The zero-order valence-corrected chi connectivity index (χ0v) is 22.1. The first kappa shape index (κ1) is 25.4. The van der Waals surface area contributed by atoms with Crippen molar-refractivity contribution < 1.29 is 21.6 Å². The van der Waals surface area contributed by atoms with Crippen molar-refractivity contribution in [3.63, 3.8) is 0 Å². The number of nitrogens with one attached hydrogen (secondary N) is 1. The summed E-state index contributed by atoms with van der Waals surface area (Å²) in [5, 5.41) is 1.31. The number of ether oxygens (including phenoxy) is 1. The fourth-order valence-corrected chi connectivity index (χ4v) is 13.0. The second-order valence-corrected chi connectivity index (χ2v) is 17.6. The molecule has 0 aliphatic carbocycles. The Kier molecular flexibility index (Phi) is 7.12. The molecule has 0 fully saturated rings. The van der Waals surface area contributed by atoms with Crippen LogP contribution in [-0.4, -0.2) is 32.2 Å². The molecule has 0 radical (unpaired) electrons. The van der Waals surface area contributed by atoms with Crippen LogP contribution in [0, 0.1) is 0 Å². The molecule has 0 amide bonds. The zero-order valence-electron chi connectivity index (χ0n) is 18.7. The SMILES string of the molecule is COc1cc(S(=O)(=O)Cl)ccc1S(=O)(=O)N[Si](c1ccccc1)(c1ccccc1)C(C)(C)C. The van der Waals surface area contributed by atoms with Crippen LogP contribution in [0.4, 0.5) is 0 Å². The fourth-order valence-electron chi connectivity index (χ4n) is 3.96. The van der Waals surface area contributed by atoms with Crippen LogP contribution in [0.1, 0.15) is 20.8 Å². The van der Waals surface area contributed by atoms with Gasteiger partial charge in [0, 0.05) is 16.7 Å². The Morgan fingerprint density at radius 1 is 0.818 bits per heavy atom. The van der Waals surface area contributed by atoms with E-state index in [-0.39, 0.29) is 15.5 Å². The van der Waals surface area contributed by atoms with E-state index in [1.165, 1.54) is 13.2 Å². The average molecular weight is 524 g/mol. The van der Waals surface area contributed by atoms with Crippen molar-refractivity contribution in [1.82, 2.24) is 4.39 Å². The zero-order chi connectivity index (χ0) is 24.5. The summed E-state index contributed by atoms with van der Waals surface area (Å²) in [6, 6.07) is 22.6. The average Bonchev–Trinajstić information content (AvgIpc) is 2.76. The minimum atomic E-state index is -4.15. The van der Waals surface area contributed by atoms with E-state index in [4.69, 9.17) is 15.4 Å². The van der Waals surface area contributed by atoms with Gasteiger partial charge < -0.3 is 4.74 Å². The van der Waals surface area contributed by atoms with E-state index >= 15 is 0 Å². The van der Waals surface area contributed by atoms with Gasteiger partial charge in [-0.15, -0.1) is 0 Å². The largest absolute Gasteiger partial charge is 0.495 e. The highest BCUT2D eigenvalue weighted by atomic mass is 35.7. The van der Waals surface area contributed by atoms with Crippen molar-refractivity contribution in [1.29, 1.82) is 0 Å². The summed E-state index contributed by atoms with van der Waals surface area (Å²) < 4.78 is 59.5. The van der Waals surface area contributed by atoms with Gasteiger partial charge in [-0.1, -0.05) is 81.4 Å². The highest BCUT2D eigenvalue weighted by Crippen LogP contribution is 2.36. The minimum absolute atomic E-state index is 0.109. The lowest BCUT2D eigenvalue weighted by Crippen LogP contribution is -2.74. The van der Waals surface area contributed by atoms with Crippen LogP contribution in [0.5, 0.6) is 5.75 Å². The van der Waals surface area contributed by atoms with Crippen molar-refractivity contribution in [3.05, 3.63) is 78.9 Å². The molecule has 0 spiro atoms. The standard InChI is InChI=1S/C23H26ClNO5S2Si/c1-23(2,3)33(19-11-7-5-8-12-19,20-13-9-6-10-14-20)25-32(28,29)22-16-15-18(31(24,26)27)17-21(22)30-4/h5-17,25H,1-4H3. The maximum atomic E-state index is 13.8. The molecule has 0 bridgehead atoms. The van der Waals surface area contributed by atoms with Gasteiger partial charge in [0.15, 0.2) is 0 Å². The lowest BCUT2D eigenvalue weighted by Gasteiger charge is -2.43. The second-order valence-electron chi connectivity index (χ2n) is 8.59. The number of halogens is 1. The number of sulfonamides is 1. The number of hydrogen-bond acceptors (Lipinski definition) is 5. The van der Waals surface area contributed by atoms with Crippen LogP contribution in [0.3, 0.4) is 0 Å². The maximum absolute atomic E-state index is 13.8. The highest BCUT2D eigenvalue weighted by molar-refractivity contribution is 8.13. The Bertz CT molecular complexity index is 1300. The summed E-state index contributed by atoms with van der Waals surface area (Å²) in [5.41, 5.74) is 0. The Morgan fingerprint density at radius 2 is 1.30 bits per heavy atom. The van der Waals surface area contributed by atoms with Crippen molar-refractivity contribution >= 4 is 48.4 Å². The molecule has 1 N–H and O–H groups in total. The van der Waals surface area contributed by atoms with Crippen molar-refractivity contribution in [2.75, 3.05) is 7.11 Å². The molecule has 3 aromatic carbocycles. The molecule has 33 heavy (non-hydrogen) atoms. The van der Waals surface area contributed by atoms with Crippen LogP contribution >= 0.6 is 10.7 Å². The fraction of sp³-hybridized carbons (Fsp3) is 0.217. The van der Waals surface area contributed by atoms with E-state index in [9.17, 15) is 16.8 Å². The second kappa shape index (κ2) is 9.23. The first-order valence-corrected chi connectivity index (χ1v) is 15.9. The molecule has 3 rings (SSSR count). The Labute approximate surface area is 201 Å². The molecule has 0 aromatic heterocycles. The topological polar surface area (TPSA) is 89.5 Å². The maximum Gasteiger partial charge on any atom is 0.261 e. The summed E-state index contributed by atoms with van der Waals surface area (Å²) in [6.45, 7) is 6.05. The summed E-state index contributed by atoms with van der Waals surface area (Å²) in [5.74, 6) is -0.109. The smallest absolute Gasteiger partial charge is 0.261 e. The molecule has 0 aliphatic heterocycles. The van der Waals surface area contributed by atoms with Gasteiger partial charge in [-0.3, -0.25) is 0 Å². The minimum Gasteiger partial charge on any atom is -0.495 e. The van der Waals surface area contributed by atoms with E-state index in [0.717, 1.165) is 22.5 Å². The van der Waals surface area contributed by atoms with E-state index < -0.39 is 32.3 Å². The molecule has 0 aliphatic rings. The molecule has 3 aromatic rings. The summed E-state index contributed by atoms with van der Waals surface area (Å²) in [7, 11) is -4.68. The number of benzene rings is 3. The Hall–Kier alpha value is -2.17. The monoisotopic (exact) mass is 523 g/mol. The van der Waals surface area contributed by atoms with Gasteiger partial charge in [0.2, 0.25) is 18.3 Å². The molecule has 10 heteroatoms. The van der Waals surface area contributed by atoms with Gasteiger partial charge in [0.05, 0.1) is 12.0 Å². The number of methoxy groups -OCH3 is 1. The van der Waals surface area contributed by atoms with Crippen molar-refractivity contribution in [2.45, 2.75) is 35.6 Å². The van der Waals surface area contributed by atoms with E-state index in [1.807, 2.05) is 81.4 Å². The molecule has 176 valence electrons. The van der Waals surface area contributed by atoms with E-state index in [0.29, 0.717) is 0 Å². The molecule has 0 heterocycles. The normalized spacial score (nSPS) is 13.0. The number of hydrogen-bond donors (Lipinski definition) is 1. The third kappa shape index (κ3) is 5.02. The molecule has 0 unspecified atom stereocenters. The van der Waals surface area contributed by atoms with Crippen molar-refractivity contribution in [2.24, 2.45) is 0 Å². The van der Waals surface area contributed by atoms with Gasteiger partial charge in [-0.05, 0) is 27.5 Å². The predicted octanol–water partition coefficient (Wildman–Crippen LogP) is 3.46. The quantitative estimate of drug-likeness (QED) is 0.378. The summed E-state index contributed by atoms with van der Waals surface area (Å²) >= 11 is 0.